The Morgan fingerprint density at radius 3 is 2.48 bits per heavy atom. The molecule has 1 aliphatic heterocycles. The van der Waals surface area contributed by atoms with Gasteiger partial charge in [0.25, 0.3) is 0 Å². The molecule has 5 heteroatoms. The molecule has 0 spiro atoms. The lowest BCUT2D eigenvalue weighted by Crippen LogP contribution is -2.51. The molecule has 2 aromatic carbocycles. The van der Waals surface area contributed by atoms with E-state index in [4.69, 9.17) is 9.47 Å². The van der Waals surface area contributed by atoms with Crippen LogP contribution in [0.3, 0.4) is 0 Å². The van der Waals surface area contributed by atoms with E-state index < -0.39 is 5.72 Å². The van der Waals surface area contributed by atoms with Gasteiger partial charge in [-0.2, -0.15) is 5.26 Å². The van der Waals surface area contributed by atoms with Gasteiger partial charge in [0.15, 0.2) is 0 Å². The van der Waals surface area contributed by atoms with E-state index in [-0.39, 0.29) is 18.6 Å². The number of rotatable bonds is 5. The second-order valence-corrected chi connectivity index (χ2v) is 6.19. The summed E-state index contributed by atoms with van der Waals surface area (Å²) in [4.78, 5) is 14.5. The maximum absolute atomic E-state index is 12.6. The fourth-order valence-electron chi connectivity index (χ4n) is 3.34. The highest BCUT2D eigenvalue weighted by Gasteiger charge is 2.52. The predicted octanol–water partition coefficient (Wildman–Crippen LogP) is 3.30. The number of hydrogen-bond donors (Lipinski definition) is 0. The number of benzene rings is 2. The van der Waals surface area contributed by atoms with Crippen molar-refractivity contribution in [3.05, 3.63) is 65.2 Å². The fraction of sp³-hybridized carbons (Fsp3) is 0.300. The van der Waals surface area contributed by atoms with E-state index in [1.807, 2.05) is 61.2 Å². The number of fused-ring (bicyclic) bond motifs is 1. The number of carbonyl (C=O) groups is 1. The highest BCUT2D eigenvalue weighted by atomic mass is 16.6. The highest BCUT2D eigenvalue weighted by molar-refractivity contribution is 5.95. The van der Waals surface area contributed by atoms with Gasteiger partial charge in [0.1, 0.15) is 5.75 Å². The van der Waals surface area contributed by atoms with E-state index in [1.165, 1.54) is 0 Å². The number of nitrogens with zero attached hydrogens (tertiary/aromatic N) is 2. The Morgan fingerprint density at radius 1 is 1.20 bits per heavy atom. The molecule has 5 nitrogen and oxygen atoms in total. The zero-order valence-electron chi connectivity index (χ0n) is 14.5. The summed E-state index contributed by atoms with van der Waals surface area (Å²) >= 11 is 0. The van der Waals surface area contributed by atoms with E-state index in [0.717, 1.165) is 11.1 Å². The molecule has 25 heavy (non-hydrogen) atoms. The number of carbonyl (C=O) groups excluding carboxylic acids is 1. The molecule has 0 aromatic heterocycles. The van der Waals surface area contributed by atoms with Crippen LogP contribution in [0, 0.1) is 11.3 Å². The molecule has 0 saturated carbocycles. The zero-order chi connectivity index (χ0) is 18.0. The Balaban J connectivity index is 2.26. The SMILES string of the molecule is COc1ccc(C2(N(CC#N)C(C)C)OC(=O)c3ccccc32)cc1. The van der Waals surface area contributed by atoms with Crippen molar-refractivity contribution < 1.29 is 14.3 Å². The molecule has 2 aromatic rings. The average Bonchev–Trinajstić information content (AvgIpc) is 2.93. The average molecular weight is 336 g/mol. The summed E-state index contributed by atoms with van der Waals surface area (Å²) in [6, 6.07) is 16.9. The van der Waals surface area contributed by atoms with Crippen molar-refractivity contribution in [1.82, 2.24) is 4.90 Å². The molecule has 0 bridgehead atoms. The quantitative estimate of drug-likeness (QED) is 0.619. The molecule has 0 fully saturated rings. The Bertz CT molecular complexity index is 824. The Labute approximate surface area is 147 Å². The minimum Gasteiger partial charge on any atom is -0.497 e. The number of methoxy groups -OCH3 is 1. The molecule has 0 aliphatic carbocycles. The van der Waals surface area contributed by atoms with E-state index in [9.17, 15) is 10.1 Å². The molecule has 128 valence electrons. The minimum atomic E-state index is -1.12. The highest BCUT2D eigenvalue weighted by Crippen LogP contribution is 2.45. The number of hydrogen-bond acceptors (Lipinski definition) is 5. The fourth-order valence-corrected chi connectivity index (χ4v) is 3.34. The molecule has 1 aliphatic rings. The Hall–Kier alpha value is -2.84. The first kappa shape index (κ1) is 17.0. The molecular formula is C20H20N2O3. The van der Waals surface area contributed by atoms with Crippen molar-refractivity contribution in [3.63, 3.8) is 0 Å². The monoisotopic (exact) mass is 336 g/mol. The summed E-state index contributed by atoms with van der Waals surface area (Å²) in [6.45, 7) is 4.10. The molecule has 1 unspecified atom stereocenters. The third-order valence-corrected chi connectivity index (χ3v) is 4.50. The van der Waals surface area contributed by atoms with Crippen LogP contribution in [0.4, 0.5) is 0 Å². The van der Waals surface area contributed by atoms with E-state index >= 15 is 0 Å². The van der Waals surface area contributed by atoms with Gasteiger partial charge in [-0.15, -0.1) is 0 Å². The largest absolute Gasteiger partial charge is 0.497 e. The van der Waals surface area contributed by atoms with Gasteiger partial charge < -0.3 is 9.47 Å². The summed E-state index contributed by atoms with van der Waals surface area (Å²) in [7, 11) is 1.60. The van der Waals surface area contributed by atoms with Crippen LogP contribution in [0.1, 0.15) is 35.3 Å². The normalized spacial score (nSPS) is 18.8. The number of cyclic esters (lactones) is 1. The van der Waals surface area contributed by atoms with Crippen LogP contribution in [-0.4, -0.2) is 30.6 Å². The van der Waals surface area contributed by atoms with Crippen LogP contribution < -0.4 is 4.74 Å². The van der Waals surface area contributed by atoms with E-state index in [1.54, 1.807) is 13.2 Å². The smallest absolute Gasteiger partial charge is 0.340 e. The molecular weight excluding hydrogens is 316 g/mol. The standard InChI is InChI=1S/C20H20N2O3/c1-14(2)22(13-12-21)20(15-8-10-16(24-3)11-9-15)18-7-5-4-6-17(18)19(23)25-20/h4-11,14H,13H2,1-3H3. The summed E-state index contributed by atoms with van der Waals surface area (Å²) in [5.74, 6) is 0.336. The van der Waals surface area contributed by atoms with Gasteiger partial charge in [-0.1, -0.05) is 18.2 Å². The lowest BCUT2D eigenvalue weighted by Gasteiger charge is -2.41. The molecule has 0 N–H and O–H groups in total. The van der Waals surface area contributed by atoms with Gasteiger partial charge >= 0.3 is 5.97 Å². The second kappa shape index (κ2) is 6.58. The van der Waals surface area contributed by atoms with Crippen LogP contribution in [0.15, 0.2) is 48.5 Å². The first-order chi connectivity index (χ1) is 12.0. The molecule has 1 atom stereocenters. The lowest BCUT2D eigenvalue weighted by atomic mass is 9.90. The van der Waals surface area contributed by atoms with Crippen LogP contribution in [0.5, 0.6) is 5.75 Å². The summed E-state index contributed by atoms with van der Waals surface area (Å²) < 4.78 is 11.2. The van der Waals surface area contributed by atoms with Gasteiger partial charge in [-0.25, -0.2) is 9.69 Å². The molecule has 3 rings (SSSR count). The van der Waals surface area contributed by atoms with Crippen LogP contribution in [0.2, 0.25) is 0 Å². The summed E-state index contributed by atoms with van der Waals surface area (Å²) in [5, 5.41) is 9.35. The van der Waals surface area contributed by atoms with Crippen LogP contribution in [-0.2, 0) is 10.5 Å². The third kappa shape index (κ3) is 2.65. The molecule has 1 heterocycles. The number of esters is 1. The van der Waals surface area contributed by atoms with Crippen molar-refractivity contribution >= 4 is 5.97 Å². The van der Waals surface area contributed by atoms with E-state index in [2.05, 4.69) is 6.07 Å². The van der Waals surface area contributed by atoms with Crippen molar-refractivity contribution in [3.8, 4) is 11.8 Å². The van der Waals surface area contributed by atoms with E-state index in [0.29, 0.717) is 11.3 Å². The second-order valence-electron chi connectivity index (χ2n) is 6.19. The van der Waals surface area contributed by atoms with Crippen molar-refractivity contribution in [1.29, 1.82) is 5.26 Å². The Morgan fingerprint density at radius 2 is 1.88 bits per heavy atom. The maximum atomic E-state index is 12.6. The third-order valence-electron chi connectivity index (χ3n) is 4.50. The first-order valence-electron chi connectivity index (χ1n) is 8.15. The predicted molar refractivity (Wildman–Crippen MR) is 93.1 cm³/mol. The summed E-state index contributed by atoms with van der Waals surface area (Å²) in [6.07, 6.45) is 0. The van der Waals surface area contributed by atoms with Crippen LogP contribution in [0.25, 0.3) is 0 Å². The van der Waals surface area contributed by atoms with Gasteiger partial charge in [0.2, 0.25) is 5.72 Å². The van der Waals surface area contributed by atoms with Gasteiger partial charge in [-0.05, 0) is 44.2 Å². The lowest BCUT2D eigenvalue weighted by molar-refractivity contribution is -0.0929. The molecule has 0 saturated heterocycles. The van der Waals surface area contributed by atoms with Crippen molar-refractivity contribution in [2.24, 2.45) is 0 Å². The molecule has 0 radical (unpaired) electrons. The maximum Gasteiger partial charge on any atom is 0.340 e. The van der Waals surface area contributed by atoms with Crippen molar-refractivity contribution in [2.75, 3.05) is 13.7 Å². The van der Waals surface area contributed by atoms with Gasteiger partial charge in [0, 0.05) is 17.2 Å². The number of nitriles is 1. The van der Waals surface area contributed by atoms with Crippen molar-refractivity contribution in [2.45, 2.75) is 25.6 Å². The Kier molecular flexibility index (Phi) is 4.47. The molecule has 0 amide bonds. The minimum absolute atomic E-state index is 0.0132. The summed E-state index contributed by atoms with van der Waals surface area (Å²) in [5.41, 5.74) is 0.954. The van der Waals surface area contributed by atoms with Gasteiger partial charge in [-0.3, -0.25) is 0 Å². The number of ether oxygens (including phenoxy) is 2. The first-order valence-corrected chi connectivity index (χ1v) is 8.15. The van der Waals surface area contributed by atoms with Gasteiger partial charge in [0.05, 0.1) is 25.3 Å². The zero-order valence-corrected chi connectivity index (χ0v) is 14.5. The topological polar surface area (TPSA) is 62.6 Å². The van der Waals surface area contributed by atoms with Crippen LogP contribution >= 0.6 is 0 Å².